The molecule has 1 aliphatic rings. The van der Waals surface area contributed by atoms with Gasteiger partial charge in [-0.25, -0.2) is 0 Å². The van der Waals surface area contributed by atoms with Crippen LogP contribution in [0.4, 0.5) is 0 Å². The monoisotopic (exact) mass is 185 g/mol. The summed E-state index contributed by atoms with van der Waals surface area (Å²) in [6.45, 7) is 6.53. The van der Waals surface area contributed by atoms with Gasteiger partial charge in [-0.2, -0.15) is 0 Å². The normalized spacial score (nSPS) is 30.2. The summed E-state index contributed by atoms with van der Waals surface area (Å²) in [5.74, 6) is 1.65. The van der Waals surface area contributed by atoms with E-state index in [-0.39, 0.29) is 5.60 Å². The molecule has 0 aromatic heterocycles. The molecule has 13 heavy (non-hydrogen) atoms. The van der Waals surface area contributed by atoms with Crippen molar-refractivity contribution in [2.24, 2.45) is 17.6 Å². The highest BCUT2D eigenvalue weighted by Crippen LogP contribution is 2.41. The molecule has 2 heteroatoms. The molecule has 0 radical (unpaired) electrons. The Bertz CT molecular complexity index is 167. The Hall–Kier alpha value is -0.0800. The summed E-state index contributed by atoms with van der Waals surface area (Å²) >= 11 is 0. The van der Waals surface area contributed by atoms with E-state index in [1.165, 1.54) is 6.42 Å². The lowest BCUT2D eigenvalue weighted by Gasteiger charge is -2.24. The highest BCUT2D eigenvalue weighted by Gasteiger charge is 2.37. The zero-order valence-electron chi connectivity index (χ0n) is 9.34. The van der Waals surface area contributed by atoms with Gasteiger partial charge >= 0.3 is 0 Å². The fourth-order valence-electron chi connectivity index (χ4n) is 1.78. The number of rotatable bonds is 5. The summed E-state index contributed by atoms with van der Waals surface area (Å²) in [7, 11) is 1.77. The number of methoxy groups -OCH3 is 1. The van der Waals surface area contributed by atoms with Crippen LogP contribution in [0.5, 0.6) is 0 Å². The summed E-state index contributed by atoms with van der Waals surface area (Å²) in [6.07, 6.45) is 3.48. The van der Waals surface area contributed by atoms with Gasteiger partial charge in [0, 0.05) is 13.2 Å². The zero-order valence-corrected chi connectivity index (χ0v) is 9.34. The van der Waals surface area contributed by atoms with Gasteiger partial charge in [0.15, 0.2) is 0 Å². The number of hydrogen-bond acceptors (Lipinski definition) is 2. The summed E-state index contributed by atoms with van der Waals surface area (Å²) in [6, 6.07) is 0.393. The average molecular weight is 185 g/mol. The van der Waals surface area contributed by atoms with E-state index < -0.39 is 0 Å². The van der Waals surface area contributed by atoms with Crippen LogP contribution in [-0.2, 0) is 4.74 Å². The minimum atomic E-state index is -0.00422. The zero-order chi connectivity index (χ0) is 10.1. The summed E-state index contributed by atoms with van der Waals surface area (Å²) in [5.41, 5.74) is 6.07. The van der Waals surface area contributed by atoms with Gasteiger partial charge in [0.05, 0.1) is 5.60 Å². The van der Waals surface area contributed by atoms with Crippen molar-refractivity contribution in [2.75, 3.05) is 7.11 Å². The lowest BCUT2D eigenvalue weighted by atomic mass is 9.97. The predicted octanol–water partition coefficient (Wildman–Crippen LogP) is 2.17. The molecule has 2 N–H and O–H groups in total. The molecule has 0 amide bonds. The van der Waals surface area contributed by atoms with Gasteiger partial charge < -0.3 is 10.5 Å². The SMILES string of the molecule is COC(C)(C)CCC(N)C1CC1C. The quantitative estimate of drug-likeness (QED) is 0.712. The lowest BCUT2D eigenvalue weighted by Crippen LogP contribution is -2.29. The minimum absolute atomic E-state index is 0.00422. The van der Waals surface area contributed by atoms with Gasteiger partial charge in [-0.3, -0.25) is 0 Å². The Morgan fingerprint density at radius 1 is 1.54 bits per heavy atom. The smallest absolute Gasteiger partial charge is 0.0623 e. The first-order valence-electron chi connectivity index (χ1n) is 5.27. The van der Waals surface area contributed by atoms with E-state index in [9.17, 15) is 0 Å². The molecule has 0 aromatic rings. The Balaban J connectivity index is 2.18. The van der Waals surface area contributed by atoms with E-state index in [1.54, 1.807) is 7.11 Å². The first kappa shape index (κ1) is 11.0. The van der Waals surface area contributed by atoms with Crippen LogP contribution in [0.1, 0.15) is 40.0 Å². The van der Waals surface area contributed by atoms with Crippen LogP contribution in [0.2, 0.25) is 0 Å². The van der Waals surface area contributed by atoms with Gasteiger partial charge in [-0.15, -0.1) is 0 Å². The first-order valence-corrected chi connectivity index (χ1v) is 5.27. The van der Waals surface area contributed by atoms with Crippen LogP contribution in [-0.4, -0.2) is 18.8 Å². The van der Waals surface area contributed by atoms with Crippen molar-refractivity contribution in [3.05, 3.63) is 0 Å². The van der Waals surface area contributed by atoms with Crippen LogP contribution in [0.25, 0.3) is 0 Å². The lowest BCUT2D eigenvalue weighted by molar-refractivity contribution is 0.0120. The second-order valence-electron chi connectivity index (χ2n) is 5.04. The van der Waals surface area contributed by atoms with Crippen molar-refractivity contribution < 1.29 is 4.74 Å². The molecule has 3 unspecified atom stereocenters. The van der Waals surface area contributed by atoms with Gasteiger partial charge in [0.1, 0.15) is 0 Å². The average Bonchev–Trinajstić information content (AvgIpc) is 2.79. The Kier molecular flexibility index (Phi) is 3.36. The Labute approximate surface area is 81.8 Å². The maximum Gasteiger partial charge on any atom is 0.0623 e. The molecule has 1 saturated carbocycles. The number of hydrogen-bond donors (Lipinski definition) is 1. The van der Waals surface area contributed by atoms with E-state index in [1.807, 2.05) is 0 Å². The fourth-order valence-corrected chi connectivity index (χ4v) is 1.78. The molecule has 1 rings (SSSR count). The molecule has 0 saturated heterocycles. The molecule has 0 spiro atoms. The van der Waals surface area contributed by atoms with Gasteiger partial charge in [-0.1, -0.05) is 6.92 Å². The number of nitrogens with two attached hydrogens (primary N) is 1. The van der Waals surface area contributed by atoms with E-state index in [0.717, 1.165) is 24.7 Å². The van der Waals surface area contributed by atoms with Crippen LogP contribution in [0.15, 0.2) is 0 Å². The maximum atomic E-state index is 6.08. The van der Waals surface area contributed by atoms with Gasteiger partial charge in [0.25, 0.3) is 0 Å². The van der Waals surface area contributed by atoms with Crippen LogP contribution < -0.4 is 5.73 Å². The largest absolute Gasteiger partial charge is 0.379 e. The van der Waals surface area contributed by atoms with Crippen LogP contribution in [0.3, 0.4) is 0 Å². The molecule has 78 valence electrons. The van der Waals surface area contributed by atoms with E-state index in [2.05, 4.69) is 20.8 Å². The maximum absolute atomic E-state index is 6.08. The fraction of sp³-hybridized carbons (Fsp3) is 1.00. The standard InChI is InChI=1S/C11H23NO/c1-8-7-9(8)10(12)5-6-11(2,3)13-4/h8-10H,5-7,12H2,1-4H3. The second-order valence-corrected chi connectivity index (χ2v) is 5.04. The van der Waals surface area contributed by atoms with Crippen molar-refractivity contribution in [1.29, 1.82) is 0 Å². The van der Waals surface area contributed by atoms with Gasteiger partial charge in [0.2, 0.25) is 0 Å². The Morgan fingerprint density at radius 2 is 2.08 bits per heavy atom. The predicted molar refractivity (Wildman–Crippen MR) is 55.6 cm³/mol. The van der Waals surface area contributed by atoms with Crippen molar-refractivity contribution in [1.82, 2.24) is 0 Å². The molecule has 2 nitrogen and oxygen atoms in total. The molecule has 1 aliphatic carbocycles. The number of ether oxygens (including phenoxy) is 1. The highest BCUT2D eigenvalue weighted by atomic mass is 16.5. The van der Waals surface area contributed by atoms with Crippen molar-refractivity contribution in [2.45, 2.75) is 51.7 Å². The van der Waals surface area contributed by atoms with Gasteiger partial charge in [-0.05, 0) is 44.9 Å². The molecule has 3 atom stereocenters. The van der Waals surface area contributed by atoms with E-state index in [0.29, 0.717) is 6.04 Å². The third-order valence-electron chi connectivity index (χ3n) is 3.35. The van der Waals surface area contributed by atoms with Crippen molar-refractivity contribution in [3.63, 3.8) is 0 Å². The molecule has 0 bridgehead atoms. The topological polar surface area (TPSA) is 35.2 Å². The van der Waals surface area contributed by atoms with Crippen LogP contribution >= 0.6 is 0 Å². The Morgan fingerprint density at radius 3 is 2.46 bits per heavy atom. The molecule has 0 aliphatic heterocycles. The minimum Gasteiger partial charge on any atom is -0.379 e. The molecule has 0 heterocycles. The summed E-state index contributed by atoms with van der Waals surface area (Å²) in [5, 5.41) is 0. The van der Waals surface area contributed by atoms with Crippen molar-refractivity contribution >= 4 is 0 Å². The van der Waals surface area contributed by atoms with Crippen molar-refractivity contribution in [3.8, 4) is 0 Å². The van der Waals surface area contributed by atoms with Crippen LogP contribution in [0, 0.1) is 11.8 Å². The molecular formula is C11H23NO. The van der Waals surface area contributed by atoms with E-state index in [4.69, 9.17) is 10.5 Å². The molecule has 1 fully saturated rings. The van der Waals surface area contributed by atoms with E-state index >= 15 is 0 Å². The molecule has 0 aromatic carbocycles. The molecular weight excluding hydrogens is 162 g/mol. The first-order chi connectivity index (χ1) is 5.96. The summed E-state index contributed by atoms with van der Waals surface area (Å²) < 4.78 is 5.36. The summed E-state index contributed by atoms with van der Waals surface area (Å²) in [4.78, 5) is 0. The third kappa shape index (κ3) is 3.28. The third-order valence-corrected chi connectivity index (χ3v) is 3.35. The highest BCUT2D eigenvalue weighted by molar-refractivity contribution is 4.91. The second kappa shape index (κ2) is 3.97.